The van der Waals surface area contributed by atoms with Crippen molar-refractivity contribution in [2.75, 3.05) is 11.1 Å². The van der Waals surface area contributed by atoms with E-state index in [0.717, 1.165) is 0 Å². The summed E-state index contributed by atoms with van der Waals surface area (Å²) >= 11 is 3.40. The Bertz CT molecular complexity index is 1580. The van der Waals surface area contributed by atoms with Gasteiger partial charge in [-0.15, -0.1) is 0 Å². The summed E-state index contributed by atoms with van der Waals surface area (Å²) in [6.45, 7) is 0. The van der Waals surface area contributed by atoms with E-state index in [2.05, 4.69) is 26.6 Å². The van der Waals surface area contributed by atoms with Crippen LogP contribution >= 0.6 is 15.9 Å². The van der Waals surface area contributed by atoms with E-state index in [1.54, 1.807) is 97.1 Å². The maximum atomic E-state index is 13.0. The quantitative estimate of drug-likeness (QED) is 0.104. The van der Waals surface area contributed by atoms with Crippen LogP contribution in [0.3, 0.4) is 0 Å². The maximum Gasteiger partial charge on any atom is 0.414 e. The van der Waals surface area contributed by atoms with E-state index in [1.165, 1.54) is 12.1 Å². The first-order chi connectivity index (χ1) is 20.8. The normalized spacial score (nSPS) is 12.2. The van der Waals surface area contributed by atoms with Gasteiger partial charge in [-0.2, -0.15) is 0 Å². The number of carbonyl (C=O) groups is 3. The summed E-state index contributed by atoms with van der Waals surface area (Å²) in [4.78, 5) is 38.1. The van der Waals surface area contributed by atoms with E-state index in [1.807, 2.05) is 6.07 Å². The molecule has 0 saturated carbocycles. The molecule has 2 atom stereocenters. The number of nitrogen functional groups attached to an aromatic ring is 1. The first-order valence-electron chi connectivity index (χ1n) is 13.4. The van der Waals surface area contributed by atoms with Crippen molar-refractivity contribution in [3.63, 3.8) is 0 Å². The van der Waals surface area contributed by atoms with Crippen molar-refractivity contribution in [1.82, 2.24) is 5.32 Å². The van der Waals surface area contributed by atoms with Crippen LogP contribution in [0.4, 0.5) is 16.2 Å². The summed E-state index contributed by atoms with van der Waals surface area (Å²) < 4.78 is 12.7. The summed E-state index contributed by atoms with van der Waals surface area (Å²) in [6.07, 6.45) is 0.647. The number of rotatable bonds is 11. The van der Waals surface area contributed by atoms with Gasteiger partial charge in [0, 0.05) is 15.6 Å². The minimum atomic E-state index is -1.15. The fraction of sp³-hybridized carbons (Fsp3) is 0.121. The van der Waals surface area contributed by atoms with Gasteiger partial charge in [0.2, 0.25) is 5.91 Å². The predicted molar refractivity (Wildman–Crippen MR) is 168 cm³/mol. The van der Waals surface area contributed by atoms with Gasteiger partial charge in [0.1, 0.15) is 17.6 Å². The molecule has 0 spiro atoms. The molecule has 4 aromatic carbocycles. The van der Waals surface area contributed by atoms with Crippen molar-refractivity contribution >= 4 is 45.2 Å². The zero-order valence-corrected chi connectivity index (χ0v) is 24.6. The zero-order chi connectivity index (χ0) is 30.6. The van der Waals surface area contributed by atoms with Gasteiger partial charge in [-0.3, -0.25) is 14.9 Å². The van der Waals surface area contributed by atoms with Crippen LogP contribution in [0.5, 0.6) is 11.5 Å². The molecule has 4 rings (SSSR count). The van der Waals surface area contributed by atoms with Crippen molar-refractivity contribution < 1.29 is 29.0 Å². The number of carbonyl (C=O) groups excluding carboxylic acids is 3. The van der Waals surface area contributed by atoms with Crippen LogP contribution in [0.1, 0.15) is 34.9 Å². The number of phenolic OH excluding ortho intramolecular Hbond substituents is 1. The molecule has 0 heterocycles. The number of nitrogens with one attached hydrogen (secondary N) is 2. The average molecular weight is 645 g/mol. The van der Waals surface area contributed by atoms with Crippen molar-refractivity contribution in [3.8, 4) is 11.5 Å². The number of benzene rings is 4. The number of para-hydroxylation sites is 3. The Morgan fingerprint density at radius 3 is 2.30 bits per heavy atom. The van der Waals surface area contributed by atoms with E-state index in [-0.39, 0.29) is 29.2 Å². The number of hydrogen-bond donors (Lipinski definition) is 4. The monoisotopic (exact) mass is 643 g/mol. The van der Waals surface area contributed by atoms with Gasteiger partial charge in [-0.05, 0) is 73.5 Å². The van der Waals surface area contributed by atoms with Gasteiger partial charge in [-0.1, -0.05) is 70.5 Å². The number of anilines is 2. The predicted octanol–water partition coefficient (Wildman–Crippen LogP) is 6.77. The number of amides is 3. The van der Waals surface area contributed by atoms with Crippen LogP contribution in [0.15, 0.2) is 120 Å². The van der Waals surface area contributed by atoms with Crippen molar-refractivity contribution in [3.05, 3.63) is 131 Å². The topological polar surface area (TPSA) is 140 Å². The number of nitrogens with two attached hydrogens (primary N) is 1. The molecule has 0 fully saturated rings. The van der Waals surface area contributed by atoms with Gasteiger partial charge in [-0.25, -0.2) is 4.79 Å². The van der Waals surface area contributed by atoms with Crippen LogP contribution in [0, 0.1) is 0 Å². The second-order valence-electron chi connectivity index (χ2n) is 9.37. The largest absolute Gasteiger partial charge is 0.508 e. The van der Waals surface area contributed by atoms with E-state index in [0.29, 0.717) is 28.0 Å². The molecule has 220 valence electrons. The smallest absolute Gasteiger partial charge is 0.414 e. The Balaban J connectivity index is 1.56. The van der Waals surface area contributed by atoms with E-state index in [4.69, 9.17) is 15.2 Å². The number of imide groups is 1. The first-order valence-corrected chi connectivity index (χ1v) is 14.2. The molecule has 5 N–H and O–H groups in total. The number of phenols is 1. The minimum Gasteiger partial charge on any atom is -0.508 e. The summed E-state index contributed by atoms with van der Waals surface area (Å²) in [7, 11) is 0. The number of alkyl carbamates (subject to hydrolysis) is 1. The highest BCUT2D eigenvalue weighted by atomic mass is 79.9. The van der Waals surface area contributed by atoms with Gasteiger partial charge in [0.25, 0.3) is 5.91 Å². The molecule has 0 aliphatic heterocycles. The zero-order valence-electron chi connectivity index (χ0n) is 23.0. The molecule has 0 saturated heterocycles. The third kappa shape index (κ3) is 9.20. The summed E-state index contributed by atoms with van der Waals surface area (Å²) in [6, 6.07) is 28.8. The number of halogens is 1. The highest BCUT2D eigenvalue weighted by molar-refractivity contribution is 9.10. The third-order valence-corrected chi connectivity index (χ3v) is 6.75. The number of hydrogen-bond acceptors (Lipinski definition) is 7. The van der Waals surface area contributed by atoms with Crippen LogP contribution in [0.25, 0.3) is 0 Å². The van der Waals surface area contributed by atoms with Gasteiger partial charge < -0.3 is 25.6 Å². The Hall–Kier alpha value is -5.09. The lowest BCUT2D eigenvalue weighted by molar-refractivity contribution is -0.111. The maximum absolute atomic E-state index is 13.0. The third-order valence-electron chi connectivity index (χ3n) is 6.26. The summed E-state index contributed by atoms with van der Waals surface area (Å²) in [5.74, 6) is -0.643. The molecule has 9 nitrogen and oxygen atoms in total. The second-order valence-corrected chi connectivity index (χ2v) is 10.3. The van der Waals surface area contributed by atoms with Crippen LogP contribution < -0.4 is 21.1 Å². The standard InChI is InChI=1S/C33H30BrN3O6/c34-23-19-20-28(38)25(21-23)31(43-33(41)37-32(40)22-11-3-1-4-12-22)29(42-24-13-5-2-6-14-24)17-9-10-18-30(39)36-27-16-8-7-15-26(27)35/h1-8,10-16,18-21,29,31,38H,9,17,35H2,(H,36,39)(H,37,40,41)/b18-10+/t29-,31-/m0/s1. The first kappa shape index (κ1) is 30.9. The molecule has 0 aliphatic carbocycles. The molecular formula is C33H30BrN3O6. The molecular weight excluding hydrogens is 614 g/mol. The molecule has 43 heavy (non-hydrogen) atoms. The lowest BCUT2D eigenvalue weighted by atomic mass is 9.99. The fourth-order valence-corrected chi connectivity index (χ4v) is 4.55. The lowest BCUT2D eigenvalue weighted by Crippen LogP contribution is -2.36. The van der Waals surface area contributed by atoms with Crippen LogP contribution in [0.2, 0.25) is 0 Å². The van der Waals surface area contributed by atoms with E-state index in [9.17, 15) is 19.5 Å². The van der Waals surface area contributed by atoms with Gasteiger partial charge >= 0.3 is 6.09 Å². The van der Waals surface area contributed by atoms with Crippen molar-refractivity contribution in [2.24, 2.45) is 0 Å². The molecule has 4 aromatic rings. The van der Waals surface area contributed by atoms with E-state index >= 15 is 0 Å². The van der Waals surface area contributed by atoms with Crippen molar-refractivity contribution in [1.29, 1.82) is 0 Å². The fourth-order valence-electron chi connectivity index (χ4n) is 4.17. The molecule has 0 aliphatic rings. The summed E-state index contributed by atoms with van der Waals surface area (Å²) in [5.41, 5.74) is 7.38. The van der Waals surface area contributed by atoms with Crippen LogP contribution in [-0.2, 0) is 9.53 Å². The van der Waals surface area contributed by atoms with Gasteiger partial charge in [0.15, 0.2) is 6.10 Å². The molecule has 0 aromatic heterocycles. The second kappa shape index (κ2) is 15.2. The Kier molecular flexibility index (Phi) is 10.9. The molecule has 0 unspecified atom stereocenters. The minimum absolute atomic E-state index is 0.132. The number of ether oxygens (including phenoxy) is 2. The van der Waals surface area contributed by atoms with Gasteiger partial charge in [0.05, 0.1) is 11.4 Å². The highest BCUT2D eigenvalue weighted by Crippen LogP contribution is 2.35. The van der Waals surface area contributed by atoms with E-state index < -0.39 is 24.2 Å². The highest BCUT2D eigenvalue weighted by Gasteiger charge is 2.32. The Labute approximate surface area is 257 Å². The Morgan fingerprint density at radius 2 is 1.58 bits per heavy atom. The SMILES string of the molecule is Nc1ccccc1NC(=O)/C=C/CC[C@H](Oc1ccccc1)[C@@H](OC(=O)NC(=O)c1ccccc1)c1cc(Br)ccc1O. The summed E-state index contributed by atoms with van der Waals surface area (Å²) in [5, 5.41) is 15.7. The number of aromatic hydroxyl groups is 1. The molecule has 3 amide bonds. The lowest BCUT2D eigenvalue weighted by Gasteiger charge is -2.28. The van der Waals surface area contributed by atoms with Crippen molar-refractivity contribution in [2.45, 2.75) is 25.0 Å². The molecule has 0 bridgehead atoms. The average Bonchev–Trinajstić information content (AvgIpc) is 3.01. The van der Waals surface area contributed by atoms with Crippen LogP contribution in [-0.4, -0.2) is 29.1 Å². The number of allylic oxidation sites excluding steroid dienone is 1. The Morgan fingerprint density at radius 1 is 0.907 bits per heavy atom. The molecule has 0 radical (unpaired) electrons. The molecule has 10 heteroatoms.